The summed E-state index contributed by atoms with van der Waals surface area (Å²) in [6.07, 6.45) is -0.741. The maximum Gasteiger partial charge on any atom is 0.205 e. The molecule has 0 radical (unpaired) electrons. The first-order chi connectivity index (χ1) is 5.72. The van der Waals surface area contributed by atoms with Crippen molar-refractivity contribution in [2.45, 2.75) is 13.0 Å². The quantitative estimate of drug-likeness (QED) is 0.601. The van der Waals surface area contributed by atoms with Crippen molar-refractivity contribution in [3.63, 3.8) is 0 Å². The lowest BCUT2D eigenvalue weighted by Crippen LogP contribution is -2.22. The summed E-state index contributed by atoms with van der Waals surface area (Å²) in [4.78, 5) is 0. The molecule has 0 saturated carbocycles. The monoisotopic (exact) mass is 189 g/mol. The summed E-state index contributed by atoms with van der Waals surface area (Å²) in [5.74, 6) is 0. The maximum absolute atomic E-state index is 8.97. The molecule has 0 amide bonds. The first kappa shape index (κ1) is 9.37. The van der Waals surface area contributed by atoms with Gasteiger partial charge in [0.15, 0.2) is 0 Å². The standard InChI is InChI=1S/C6H11N3O2S/c1-4-8-9-6(12-4)7-2-5(11)3-10/h5,10-11H,2-3H2,1H3,(H,7,9). The van der Waals surface area contributed by atoms with Gasteiger partial charge in [0.25, 0.3) is 0 Å². The summed E-state index contributed by atoms with van der Waals surface area (Å²) < 4.78 is 0. The lowest BCUT2D eigenvalue weighted by Gasteiger charge is -2.05. The molecule has 12 heavy (non-hydrogen) atoms. The molecule has 6 heteroatoms. The summed E-state index contributed by atoms with van der Waals surface area (Å²) >= 11 is 1.41. The van der Waals surface area contributed by atoms with Gasteiger partial charge in [0.1, 0.15) is 5.01 Å². The van der Waals surface area contributed by atoms with Crippen molar-refractivity contribution in [2.24, 2.45) is 0 Å². The van der Waals surface area contributed by atoms with Crippen LogP contribution in [0.1, 0.15) is 5.01 Å². The van der Waals surface area contributed by atoms with E-state index in [2.05, 4.69) is 15.5 Å². The van der Waals surface area contributed by atoms with Crippen LogP contribution in [0.2, 0.25) is 0 Å². The number of nitrogens with one attached hydrogen (secondary N) is 1. The largest absolute Gasteiger partial charge is 0.394 e. The van der Waals surface area contributed by atoms with Gasteiger partial charge in [-0.05, 0) is 6.92 Å². The van der Waals surface area contributed by atoms with E-state index in [0.29, 0.717) is 11.7 Å². The molecule has 0 aromatic carbocycles. The number of rotatable bonds is 4. The summed E-state index contributed by atoms with van der Waals surface area (Å²) in [6, 6.07) is 0. The highest BCUT2D eigenvalue weighted by Gasteiger charge is 2.03. The number of aromatic nitrogens is 2. The normalized spacial score (nSPS) is 12.9. The van der Waals surface area contributed by atoms with Crippen molar-refractivity contribution in [1.82, 2.24) is 10.2 Å². The van der Waals surface area contributed by atoms with Crippen molar-refractivity contribution in [3.8, 4) is 0 Å². The van der Waals surface area contributed by atoms with Crippen molar-refractivity contribution >= 4 is 16.5 Å². The van der Waals surface area contributed by atoms with Crippen LogP contribution in [-0.2, 0) is 0 Å². The van der Waals surface area contributed by atoms with Gasteiger partial charge >= 0.3 is 0 Å². The Morgan fingerprint density at radius 2 is 2.33 bits per heavy atom. The minimum atomic E-state index is -0.741. The fourth-order valence-electron chi connectivity index (χ4n) is 0.638. The molecule has 1 aromatic heterocycles. The second-order valence-corrected chi connectivity index (χ2v) is 3.53. The van der Waals surface area contributed by atoms with Crippen molar-refractivity contribution in [3.05, 3.63) is 5.01 Å². The van der Waals surface area contributed by atoms with E-state index in [0.717, 1.165) is 5.01 Å². The van der Waals surface area contributed by atoms with E-state index in [9.17, 15) is 0 Å². The van der Waals surface area contributed by atoms with E-state index < -0.39 is 6.10 Å². The van der Waals surface area contributed by atoms with E-state index in [1.54, 1.807) is 0 Å². The van der Waals surface area contributed by atoms with Gasteiger partial charge < -0.3 is 15.5 Å². The molecule has 0 aliphatic carbocycles. The first-order valence-electron chi connectivity index (χ1n) is 3.55. The summed E-state index contributed by atoms with van der Waals surface area (Å²) in [6.45, 7) is 1.90. The number of aliphatic hydroxyl groups excluding tert-OH is 2. The Morgan fingerprint density at radius 3 is 2.83 bits per heavy atom. The van der Waals surface area contributed by atoms with Gasteiger partial charge in [-0.1, -0.05) is 11.3 Å². The number of anilines is 1. The topological polar surface area (TPSA) is 78.3 Å². The van der Waals surface area contributed by atoms with Crippen LogP contribution in [0.4, 0.5) is 5.13 Å². The van der Waals surface area contributed by atoms with Gasteiger partial charge in [0.2, 0.25) is 5.13 Å². The van der Waals surface area contributed by atoms with Gasteiger partial charge in [-0.3, -0.25) is 0 Å². The number of nitrogens with zero attached hydrogens (tertiary/aromatic N) is 2. The van der Waals surface area contributed by atoms with Crippen LogP contribution in [-0.4, -0.2) is 39.7 Å². The summed E-state index contributed by atoms with van der Waals surface area (Å²) in [5, 5.41) is 29.4. The molecular weight excluding hydrogens is 178 g/mol. The Kier molecular flexibility index (Phi) is 3.39. The van der Waals surface area contributed by atoms with Crippen molar-refractivity contribution < 1.29 is 10.2 Å². The van der Waals surface area contributed by atoms with Crippen LogP contribution in [0.3, 0.4) is 0 Å². The first-order valence-corrected chi connectivity index (χ1v) is 4.37. The molecule has 3 N–H and O–H groups in total. The van der Waals surface area contributed by atoms with E-state index in [1.165, 1.54) is 11.3 Å². The summed E-state index contributed by atoms with van der Waals surface area (Å²) in [5.41, 5.74) is 0. The second kappa shape index (κ2) is 4.34. The molecule has 68 valence electrons. The zero-order valence-electron chi connectivity index (χ0n) is 6.69. The van der Waals surface area contributed by atoms with Gasteiger partial charge in [-0.2, -0.15) is 0 Å². The lowest BCUT2D eigenvalue weighted by molar-refractivity contribution is 0.105. The third kappa shape index (κ3) is 2.72. The highest BCUT2D eigenvalue weighted by molar-refractivity contribution is 7.15. The average Bonchev–Trinajstić information content (AvgIpc) is 2.47. The minimum absolute atomic E-state index is 0.245. The molecule has 1 heterocycles. The highest BCUT2D eigenvalue weighted by Crippen LogP contribution is 2.12. The van der Waals surface area contributed by atoms with Crippen LogP contribution in [0.15, 0.2) is 0 Å². The number of hydrogen-bond donors (Lipinski definition) is 3. The van der Waals surface area contributed by atoms with E-state index in [4.69, 9.17) is 10.2 Å². The summed E-state index contributed by atoms with van der Waals surface area (Å²) in [7, 11) is 0. The SMILES string of the molecule is Cc1nnc(NCC(O)CO)s1. The molecular formula is C6H11N3O2S. The van der Waals surface area contributed by atoms with E-state index >= 15 is 0 Å². The predicted molar refractivity (Wildman–Crippen MR) is 46.2 cm³/mol. The van der Waals surface area contributed by atoms with Crippen LogP contribution in [0.25, 0.3) is 0 Å². The second-order valence-electron chi connectivity index (χ2n) is 2.34. The molecule has 1 rings (SSSR count). The van der Waals surface area contributed by atoms with Crippen LogP contribution in [0, 0.1) is 6.92 Å². The lowest BCUT2D eigenvalue weighted by atomic mass is 10.4. The minimum Gasteiger partial charge on any atom is -0.394 e. The zero-order valence-corrected chi connectivity index (χ0v) is 7.51. The van der Waals surface area contributed by atoms with Crippen molar-refractivity contribution in [2.75, 3.05) is 18.5 Å². The van der Waals surface area contributed by atoms with Crippen LogP contribution >= 0.6 is 11.3 Å². The average molecular weight is 189 g/mol. The highest BCUT2D eigenvalue weighted by atomic mass is 32.1. The third-order valence-corrected chi connectivity index (χ3v) is 2.02. The molecule has 1 unspecified atom stereocenters. The van der Waals surface area contributed by atoms with Gasteiger partial charge in [0, 0.05) is 6.54 Å². The molecule has 0 fully saturated rings. The number of hydrogen-bond acceptors (Lipinski definition) is 6. The Labute approximate surface area is 74.1 Å². The fraction of sp³-hybridized carbons (Fsp3) is 0.667. The molecule has 0 saturated heterocycles. The smallest absolute Gasteiger partial charge is 0.205 e. The number of aryl methyl sites for hydroxylation is 1. The zero-order chi connectivity index (χ0) is 8.97. The Bertz CT molecular complexity index is 240. The van der Waals surface area contributed by atoms with Crippen LogP contribution < -0.4 is 5.32 Å². The predicted octanol–water partition coefficient (Wildman–Crippen LogP) is -0.388. The Hall–Kier alpha value is -0.720. The van der Waals surface area contributed by atoms with E-state index in [1.807, 2.05) is 6.92 Å². The third-order valence-electron chi connectivity index (χ3n) is 1.23. The molecule has 0 spiro atoms. The van der Waals surface area contributed by atoms with Crippen LogP contribution in [0.5, 0.6) is 0 Å². The fourth-order valence-corrected chi connectivity index (χ4v) is 1.24. The maximum atomic E-state index is 8.97. The molecule has 5 nitrogen and oxygen atoms in total. The molecule has 0 aliphatic rings. The van der Waals surface area contributed by atoms with Crippen molar-refractivity contribution in [1.29, 1.82) is 0 Å². The van der Waals surface area contributed by atoms with Gasteiger partial charge in [0.05, 0.1) is 12.7 Å². The van der Waals surface area contributed by atoms with Gasteiger partial charge in [-0.15, -0.1) is 10.2 Å². The Balaban J connectivity index is 2.33. The Morgan fingerprint density at radius 1 is 1.58 bits per heavy atom. The molecule has 0 aliphatic heterocycles. The number of aliphatic hydroxyl groups is 2. The van der Waals surface area contributed by atoms with Gasteiger partial charge in [-0.25, -0.2) is 0 Å². The molecule has 1 aromatic rings. The molecule has 0 bridgehead atoms. The molecule has 1 atom stereocenters. The van der Waals surface area contributed by atoms with E-state index in [-0.39, 0.29) is 6.61 Å².